The Morgan fingerprint density at radius 1 is 1.25 bits per heavy atom. The van der Waals surface area contributed by atoms with Gasteiger partial charge in [0.15, 0.2) is 0 Å². The molecule has 0 amide bonds. The number of rotatable bonds is 4. The van der Waals surface area contributed by atoms with Crippen molar-refractivity contribution in [3.63, 3.8) is 0 Å². The maximum Gasteiger partial charge on any atom is 0.146 e. The molecule has 0 atom stereocenters. The molecule has 3 N–H and O–H groups in total. The Labute approximate surface area is 130 Å². The summed E-state index contributed by atoms with van der Waals surface area (Å²) < 4.78 is 19.7. The predicted molar refractivity (Wildman–Crippen MR) is 86.3 cm³/mol. The molecular formula is C14H12BrFN2OS. The number of methoxy groups -OCH3 is 1. The fraction of sp³-hybridized carbons (Fsp3) is 0.0714. The first-order chi connectivity index (χ1) is 9.51. The second kappa shape index (κ2) is 6.19. The molecule has 2 rings (SSSR count). The van der Waals surface area contributed by atoms with Gasteiger partial charge in [0.25, 0.3) is 0 Å². The topological polar surface area (TPSA) is 47.3 Å². The number of hydrogen-bond acceptors (Lipinski definition) is 3. The maximum atomic E-state index is 13.8. The van der Waals surface area contributed by atoms with E-state index in [1.807, 2.05) is 0 Å². The first-order valence-electron chi connectivity index (χ1n) is 5.71. The molecule has 0 aromatic heterocycles. The van der Waals surface area contributed by atoms with Crippen LogP contribution < -0.4 is 15.8 Å². The fourth-order valence-electron chi connectivity index (χ4n) is 1.71. The Morgan fingerprint density at radius 2 is 2.00 bits per heavy atom. The van der Waals surface area contributed by atoms with Gasteiger partial charge in [-0.2, -0.15) is 0 Å². The molecule has 0 bridgehead atoms. The van der Waals surface area contributed by atoms with Crippen molar-refractivity contribution in [2.24, 2.45) is 5.73 Å². The van der Waals surface area contributed by atoms with Crippen LogP contribution in [0.5, 0.6) is 5.75 Å². The lowest BCUT2D eigenvalue weighted by Crippen LogP contribution is -2.12. The highest BCUT2D eigenvalue weighted by atomic mass is 79.9. The Hall–Kier alpha value is -1.66. The highest BCUT2D eigenvalue weighted by molar-refractivity contribution is 9.10. The zero-order valence-corrected chi connectivity index (χ0v) is 13.0. The number of nitrogens with two attached hydrogens (primary N) is 1. The minimum absolute atomic E-state index is 0.227. The summed E-state index contributed by atoms with van der Waals surface area (Å²) in [5.41, 5.74) is 7.22. The highest BCUT2D eigenvalue weighted by Crippen LogP contribution is 2.28. The third-order valence-corrected chi connectivity index (χ3v) is 3.40. The van der Waals surface area contributed by atoms with E-state index in [2.05, 4.69) is 21.2 Å². The van der Waals surface area contributed by atoms with Crippen LogP contribution in [0.3, 0.4) is 0 Å². The van der Waals surface area contributed by atoms with Gasteiger partial charge >= 0.3 is 0 Å². The molecule has 0 saturated carbocycles. The van der Waals surface area contributed by atoms with Crippen molar-refractivity contribution in [3.8, 4) is 5.75 Å². The van der Waals surface area contributed by atoms with Crippen molar-refractivity contribution in [1.82, 2.24) is 0 Å². The van der Waals surface area contributed by atoms with E-state index >= 15 is 0 Å². The number of hydrogen-bond donors (Lipinski definition) is 2. The third kappa shape index (κ3) is 3.26. The summed E-state index contributed by atoms with van der Waals surface area (Å²) in [5, 5.41) is 2.99. The van der Waals surface area contributed by atoms with Crippen molar-refractivity contribution in [1.29, 1.82) is 0 Å². The quantitative estimate of drug-likeness (QED) is 0.815. The molecule has 2 aromatic rings. The number of benzene rings is 2. The lowest BCUT2D eigenvalue weighted by atomic mass is 10.1. The van der Waals surface area contributed by atoms with Crippen LogP contribution in [0.4, 0.5) is 15.8 Å². The third-order valence-electron chi connectivity index (χ3n) is 2.69. The summed E-state index contributed by atoms with van der Waals surface area (Å²) in [6.07, 6.45) is 0. The Morgan fingerprint density at radius 3 is 2.65 bits per heavy atom. The molecule has 0 heterocycles. The Kier molecular flexibility index (Phi) is 4.57. The minimum atomic E-state index is -0.370. The highest BCUT2D eigenvalue weighted by Gasteiger charge is 2.10. The largest absolute Gasteiger partial charge is 0.497 e. The zero-order chi connectivity index (χ0) is 14.7. The molecule has 0 spiro atoms. The second-order valence-corrected chi connectivity index (χ2v) is 5.38. The number of ether oxygens (including phenoxy) is 1. The average Bonchev–Trinajstić information content (AvgIpc) is 2.42. The molecule has 20 heavy (non-hydrogen) atoms. The van der Waals surface area contributed by atoms with Crippen LogP contribution in [0.25, 0.3) is 0 Å². The van der Waals surface area contributed by atoms with E-state index < -0.39 is 0 Å². The van der Waals surface area contributed by atoms with E-state index in [1.54, 1.807) is 37.4 Å². The number of nitrogens with one attached hydrogen (secondary N) is 1. The first-order valence-corrected chi connectivity index (χ1v) is 6.91. The number of halogens is 2. The zero-order valence-electron chi connectivity index (χ0n) is 10.6. The molecule has 2 aromatic carbocycles. The van der Waals surface area contributed by atoms with E-state index in [9.17, 15) is 4.39 Å². The molecule has 0 radical (unpaired) electrons. The van der Waals surface area contributed by atoms with E-state index in [0.717, 1.165) is 4.47 Å². The van der Waals surface area contributed by atoms with Crippen LogP contribution in [0.2, 0.25) is 0 Å². The van der Waals surface area contributed by atoms with Gasteiger partial charge in [-0.15, -0.1) is 0 Å². The molecule has 0 unspecified atom stereocenters. The summed E-state index contributed by atoms with van der Waals surface area (Å²) in [7, 11) is 1.55. The van der Waals surface area contributed by atoms with Gasteiger partial charge in [-0.25, -0.2) is 4.39 Å². The Balaban J connectivity index is 2.45. The normalized spacial score (nSPS) is 10.2. The average molecular weight is 355 g/mol. The Bertz CT molecular complexity index is 664. The van der Waals surface area contributed by atoms with Crippen LogP contribution in [0, 0.1) is 5.82 Å². The SMILES string of the molecule is COc1ccc(C(N)=S)c(Nc2cc(Br)ccc2F)c1. The van der Waals surface area contributed by atoms with Gasteiger partial charge in [-0.3, -0.25) is 0 Å². The van der Waals surface area contributed by atoms with Gasteiger partial charge < -0.3 is 15.8 Å². The lowest BCUT2D eigenvalue weighted by Gasteiger charge is -2.13. The van der Waals surface area contributed by atoms with Crippen LogP contribution >= 0.6 is 28.1 Å². The van der Waals surface area contributed by atoms with Crippen molar-refractivity contribution in [3.05, 3.63) is 52.3 Å². The van der Waals surface area contributed by atoms with E-state index in [-0.39, 0.29) is 10.8 Å². The molecule has 3 nitrogen and oxygen atoms in total. The lowest BCUT2D eigenvalue weighted by molar-refractivity contribution is 0.415. The van der Waals surface area contributed by atoms with Crippen molar-refractivity contribution in [2.75, 3.05) is 12.4 Å². The monoisotopic (exact) mass is 354 g/mol. The van der Waals surface area contributed by atoms with Crippen molar-refractivity contribution < 1.29 is 9.13 Å². The first kappa shape index (κ1) is 14.7. The number of thiocarbonyl (C=S) groups is 1. The van der Waals surface area contributed by atoms with Crippen molar-refractivity contribution >= 4 is 44.5 Å². The standard InChI is InChI=1S/C14H12BrFN2OS/c1-19-9-3-4-10(14(17)20)12(7-9)18-13-6-8(15)2-5-11(13)16/h2-7,18H,1H3,(H2,17,20). The molecule has 0 saturated heterocycles. The smallest absolute Gasteiger partial charge is 0.146 e. The molecule has 0 aliphatic carbocycles. The van der Waals surface area contributed by atoms with Crippen LogP contribution in [0.15, 0.2) is 40.9 Å². The van der Waals surface area contributed by atoms with Gasteiger partial charge in [-0.1, -0.05) is 28.1 Å². The summed E-state index contributed by atoms with van der Waals surface area (Å²) in [6.45, 7) is 0. The van der Waals surface area contributed by atoms with E-state index in [4.69, 9.17) is 22.7 Å². The molecular weight excluding hydrogens is 343 g/mol. The summed E-state index contributed by atoms with van der Waals surface area (Å²) in [4.78, 5) is 0.227. The van der Waals surface area contributed by atoms with Gasteiger partial charge in [0.2, 0.25) is 0 Å². The summed E-state index contributed by atoms with van der Waals surface area (Å²) in [5.74, 6) is 0.257. The molecule has 0 aliphatic rings. The minimum Gasteiger partial charge on any atom is -0.497 e. The van der Waals surface area contributed by atoms with E-state index in [1.165, 1.54) is 6.07 Å². The summed E-state index contributed by atoms with van der Waals surface area (Å²) in [6, 6.07) is 9.83. The molecule has 0 fully saturated rings. The van der Waals surface area contributed by atoms with Crippen LogP contribution in [0.1, 0.15) is 5.56 Å². The summed E-state index contributed by atoms with van der Waals surface area (Å²) >= 11 is 8.30. The maximum absolute atomic E-state index is 13.8. The van der Waals surface area contributed by atoms with Gasteiger partial charge in [0, 0.05) is 16.1 Å². The van der Waals surface area contributed by atoms with Crippen molar-refractivity contribution in [2.45, 2.75) is 0 Å². The van der Waals surface area contributed by atoms with Crippen LogP contribution in [-0.4, -0.2) is 12.1 Å². The van der Waals surface area contributed by atoms with Gasteiger partial charge in [0.05, 0.1) is 18.5 Å². The second-order valence-electron chi connectivity index (χ2n) is 4.02. The molecule has 104 valence electrons. The molecule has 6 heteroatoms. The fourth-order valence-corrected chi connectivity index (χ4v) is 2.25. The van der Waals surface area contributed by atoms with Gasteiger partial charge in [-0.05, 0) is 30.3 Å². The predicted octanol–water partition coefficient (Wildman–Crippen LogP) is 3.97. The molecule has 0 aliphatic heterocycles. The van der Waals surface area contributed by atoms with E-state index in [0.29, 0.717) is 22.7 Å². The number of anilines is 2. The van der Waals surface area contributed by atoms with Gasteiger partial charge in [0.1, 0.15) is 16.6 Å². The van der Waals surface area contributed by atoms with Crippen LogP contribution in [-0.2, 0) is 0 Å².